The second-order valence-electron chi connectivity index (χ2n) is 6.92. The first-order valence-electron chi connectivity index (χ1n) is 9.50. The third-order valence-electron chi connectivity index (χ3n) is 4.57. The zero-order valence-corrected chi connectivity index (χ0v) is 18.7. The molecule has 0 atom stereocenters. The first-order valence-corrected chi connectivity index (χ1v) is 11.3. The predicted octanol–water partition coefficient (Wildman–Crippen LogP) is 4.30. The number of amides is 1. The minimum atomic E-state index is -4.01. The number of nitrogens with zero attached hydrogens (tertiary/aromatic N) is 2. The van der Waals surface area contributed by atoms with Crippen molar-refractivity contribution in [1.82, 2.24) is 5.43 Å². The Kier molecular flexibility index (Phi) is 7.09. The van der Waals surface area contributed by atoms with E-state index in [-0.39, 0.29) is 4.90 Å². The Balaban J connectivity index is 1.88. The fourth-order valence-electron chi connectivity index (χ4n) is 2.98. The van der Waals surface area contributed by atoms with Gasteiger partial charge in [-0.05, 0) is 49.2 Å². The second kappa shape index (κ2) is 9.76. The average molecular weight is 456 g/mol. The Labute approximate surface area is 187 Å². The normalized spacial score (nSPS) is 11.5. The monoisotopic (exact) mass is 455 g/mol. The molecule has 6 nitrogen and oxygen atoms in total. The first-order chi connectivity index (χ1) is 14.8. The van der Waals surface area contributed by atoms with Crippen LogP contribution in [-0.4, -0.2) is 27.1 Å². The standard InChI is InChI=1S/C23H22ClN3O3S/c1-17-8-6-9-19(14-17)15-25-26-23(28)16-27(22-13-7-12-21(24)18(22)2)31(29,30)20-10-4-3-5-11-20/h3-15H,16H2,1-2H3,(H,26,28)/b25-15-. The van der Waals surface area contributed by atoms with Crippen LogP contribution in [0, 0.1) is 13.8 Å². The van der Waals surface area contributed by atoms with Gasteiger partial charge in [0.05, 0.1) is 16.8 Å². The van der Waals surface area contributed by atoms with Crippen LogP contribution in [-0.2, 0) is 14.8 Å². The SMILES string of the molecule is Cc1cccc(/C=N\NC(=O)CN(c2cccc(Cl)c2C)S(=O)(=O)c2ccccc2)c1. The van der Waals surface area contributed by atoms with Crippen LogP contribution >= 0.6 is 11.6 Å². The fourth-order valence-corrected chi connectivity index (χ4v) is 4.65. The third kappa shape index (κ3) is 5.51. The molecule has 0 heterocycles. The van der Waals surface area contributed by atoms with Gasteiger partial charge in [-0.1, -0.05) is 65.7 Å². The van der Waals surface area contributed by atoms with Crippen LogP contribution in [0.5, 0.6) is 0 Å². The topological polar surface area (TPSA) is 78.8 Å². The van der Waals surface area contributed by atoms with Gasteiger partial charge in [0, 0.05) is 5.02 Å². The molecule has 0 aromatic heterocycles. The summed E-state index contributed by atoms with van der Waals surface area (Å²) >= 11 is 6.21. The Hall–Kier alpha value is -3.16. The molecule has 160 valence electrons. The summed E-state index contributed by atoms with van der Waals surface area (Å²) in [5.74, 6) is -0.581. The van der Waals surface area contributed by atoms with E-state index < -0.39 is 22.5 Å². The summed E-state index contributed by atoms with van der Waals surface area (Å²) in [5.41, 5.74) is 5.16. The van der Waals surface area contributed by atoms with Gasteiger partial charge in [-0.15, -0.1) is 0 Å². The van der Waals surface area contributed by atoms with Crippen molar-refractivity contribution in [3.63, 3.8) is 0 Å². The van der Waals surface area contributed by atoms with E-state index in [1.165, 1.54) is 18.3 Å². The van der Waals surface area contributed by atoms with Crippen molar-refractivity contribution in [3.05, 3.63) is 94.5 Å². The van der Waals surface area contributed by atoms with Crippen LogP contribution < -0.4 is 9.73 Å². The number of sulfonamides is 1. The molecule has 1 N–H and O–H groups in total. The van der Waals surface area contributed by atoms with E-state index in [9.17, 15) is 13.2 Å². The van der Waals surface area contributed by atoms with Crippen LogP contribution in [0.15, 0.2) is 82.8 Å². The zero-order chi connectivity index (χ0) is 22.4. The molecule has 3 rings (SSSR count). The van der Waals surface area contributed by atoms with E-state index in [0.717, 1.165) is 15.4 Å². The van der Waals surface area contributed by atoms with Gasteiger partial charge < -0.3 is 0 Å². The lowest BCUT2D eigenvalue weighted by atomic mass is 10.2. The maximum atomic E-state index is 13.3. The van der Waals surface area contributed by atoms with Crippen LogP contribution in [0.4, 0.5) is 5.69 Å². The van der Waals surface area contributed by atoms with Crippen molar-refractivity contribution in [2.45, 2.75) is 18.7 Å². The summed E-state index contributed by atoms with van der Waals surface area (Å²) in [7, 11) is -4.01. The van der Waals surface area contributed by atoms with Crippen LogP contribution in [0.25, 0.3) is 0 Å². The van der Waals surface area contributed by atoms with E-state index in [2.05, 4.69) is 10.5 Å². The van der Waals surface area contributed by atoms with Crippen molar-refractivity contribution in [1.29, 1.82) is 0 Å². The third-order valence-corrected chi connectivity index (χ3v) is 6.75. The molecule has 0 spiro atoms. The van der Waals surface area contributed by atoms with E-state index in [1.54, 1.807) is 43.3 Å². The summed E-state index contributed by atoms with van der Waals surface area (Å²) in [6.07, 6.45) is 1.51. The molecule has 8 heteroatoms. The Bertz CT molecular complexity index is 1210. The van der Waals surface area contributed by atoms with Crippen LogP contribution in [0.1, 0.15) is 16.7 Å². The van der Waals surface area contributed by atoms with Gasteiger partial charge in [0.1, 0.15) is 6.54 Å². The number of hydrogen-bond donors (Lipinski definition) is 1. The molecule has 0 aliphatic heterocycles. The molecule has 1 amide bonds. The van der Waals surface area contributed by atoms with Crippen LogP contribution in [0.3, 0.4) is 0 Å². The molecule has 3 aromatic rings. The van der Waals surface area contributed by atoms with E-state index in [4.69, 9.17) is 11.6 Å². The number of halogens is 1. The summed E-state index contributed by atoms with van der Waals surface area (Å²) in [6, 6.07) is 20.5. The smallest absolute Gasteiger partial charge is 0.264 e. The van der Waals surface area contributed by atoms with Gasteiger partial charge in [0.2, 0.25) is 0 Å². The minimum absolute atomic E-state index is 0.0745. The average Bonchev–Trinajstić information content (AvgIpc) is 2.75. The minimum Gasteiger partial charge on any atom is -0.271 e. The van der Waals surface area contributed by atoms with Crippen molar-refractivity contribution in [2.75, 3.05) is 10.8 Å². The molecule has 0 unspecified atom stereocenters. The summed E-state index contributed by atoms with van der Waals surface area (Å²) in [5, 5.41) is 4.36. The predicted molar refractivity (Wildman–Crippen MR) is 124 cm³/mol. The van der Waals surface area contributed by atoms with E-state index in [0.29, 0.717) is 16.3 Å². The number of anilines is 1. The van der Waals surface area contributed by atoms with Gasteiger partial charge in [-0.2, -0.15) is 5.10 Å². The summed E-state index contributed by atoms with van der Waals surface area (Å²) in [4.78, 5) is 12.7. The number of nitrogens with one attached hydrogen (secondary N) is 1. The Morgan fingerprint density at radius 2 is 1.74 bits per heavy atom. The molecule has 31 heavy (non-hydrogen) atoms. The second-order valence-corrected chi connectivity index (χ2v) is 9.19. The number of carbonyl (C=O) groups excluding carboxylic acids is 1. The number of benzene rings is 3. The molecule has 0 aliphatic rings. The van der Waals surface area contributed by atoms with E-state index >= 15 is 0 Å². The van der Waals surface area contributed by atoms with Gasteiger partial charge in [-0.3, -0.25) is 9.10 Å². The lowest BCUT2D eigenvalue weighted by molar-refractivity contribution is -0.119. The first kappa shape index (κ1) is 22.5. The molecule has 0 radical (unpaired) electrons. The van der Waals surface area contributed by atoms with Gasteiger partial charge in [0.25, 0.3) is 15.9 Å². The van der Waals surface area contributed by atoms with Crippen LogP contribution in [0.2, 0.25) is 5.02 Å². The summed E-state index contributed by atoms with van der Waals surface area (Å²) < 4.78 is 27.7. The molecule has 3 aromatic carbocycles. The number of hydrazone groups is 1. The van der Waals surface area contributed by atoms with E-state index in [1.807, 2.05) is 31.2 Å². The van der Waals surface area contributed by atoms with Crippen molar-refractivity contribution in [3.8, 4) is 0 Å². The number of rotatable bonds is 7. The molecule has 0 fully saturated rings. The lowest BCUT2D eigenvalue weighted by Gasteiger charge is -2.25. The fraction of sp³-hybridized carbons (Fsp3) is 0.130. The van der Waals surface area contributed by atoms with Crippen molar-refractivity contribution >= 4 is 39.4 Å². The van der Waals surface area contributed by atoms with Gasteiger partial charge in [-0.25, -0.2) is 13.8 Å². The maximum Gasteiger partial charge on any atom is 0.264 e. The molecular weight excluding hydrogens is 434 g/mol. The van der Waals surface area contributed by atoms with Gasteiger partial charge >= 0.3 is 0 Å². The molecular formula is C23H22ClN3O3S. The highest BCUT2D eigenvalue weighted by atomic mass is 35.5. The number of carbonyl (C=O) groups is 1. The Morgan fingerprint density at radius 1 is 1.03 bits per heavy atom. The quantitative estimate of drug-likeness (QED) is 0.426. The zero-order valence-electron chi connectivity index (χ0n) is 17.1. The molecule has 0 saturated heterocycles. The number of aryl methyl sites for hydroxylation is 1. The molecule has 0 bridgehead atoms. The number of hydrogen-bond acceptors (Lipinski definition) is 4. The maximum absolute atomic E-state index is 13.3. The molecule has 0 saturated carbocycles. The Morgan fingerprint density at radius 3 is 2.45 bits per heavy atom. The summed E-state index contributed by atoms with van der Waals surface area (Å²) in [6.45, 7) is 3.21. The highest BCUT2D eigenvalue weighted by molar-refractivity contribution is 7.92. The van der Waals surface area contributed by atoms with Crippen molar-refractivity contribution < 1.29 is 13.2 Å². The highest BCUT2D eigenvalue weighted by Crippen LogP contribution is 2.30. The van der Waals surface area contributed by atoms with Crippen molar-refractivity contribution in [2.24, 2.45) is 5.10 Å². The van der Waals surface area contributed by atoms with Gasteiger partial charge in [0.15, 0.2) is 0 Å². The largest absolute Gasteiger partial charge is 0.271 e. The lowest BCUT2D eigenvalue weighted by Crippen LogP contribution is -2.40. The molecule has 0 aliphatic carbocycles. The highest BCUT2D eigenvalue weighted by Gasteiger charge is 2.28.